The van der Waals surface area contributed by atoms with Gasteiger partial charge < -0.3 is 5.32 Å². The first-order chi connectivity index (χ1) is 7.72. The zero-order valence-corrected chi connectivity index (χ0v) is 11.6. The average molecular weight is 225 g/mol. The molecule has 1 fully saturated rings. The zero-order chi connectivity index (χ0) is 11.9. The van der Waals surface area contributed by atoms with Crippen LogP contribution >= 0.6 is 0 Å². The highest BCUT2D eigenvalue weighted by Crippen LogP contribution is 2.47. The van der Waals surface area contributed by atoms with Crippen molar-refractivity contribution in [3.05, 3.63) is 0 Å². The molecule has 0 aromatic rings. The van der Waals surface area contributed by atoms with Crippen LogP contribution in [0.2, 0.25) is 0 Å². The highest BCUT2D eigenvalue weighted by molar-refractivity contribution is 4.93. The lowest BCUT2D eigenvalue weighted by Crippen LogP contribution is -2.31. The highest BCUT2D eigenvalue weighted by Gasteiger charge is 2.40. The Balaban J connectivity index is 1.92. The smallest absolute Gasteiger partial charge is 0.00389 e. The molecule has 1 saturated carbocycles. The molecular formula is C15H31N. The van der Waals surface area contributed by atoms with Crippen LogP contribution in [-0.4, -0.2) is 12.6 Å². The second kappa shape index (κ2) is 7.32. The maximum atomic E-state index is 3.73. The normalized spacial score (nSPS) is 19.7. The standard InChI is InChI=1S/C15H31N/c1-4-6-7-8-9-10-14(3)16-13-15(5-2)11-12-15/h14,16H,4-13H2,1-3H3. The van der Waals surface area contributed by atoms with E-state index in [2.05, 4.69) is 26.1 Å². The fourth-order valence-electron chi connectivity index (χ4n) is 2.38. The monoisotopic (exact) mass is 225 g/mol. The van der Waals surface area contributed by atoms with Gasteiger partial charge in [-0.1, -0.05) is 46.0 Å². The maximum Gasteiger partial charge on any atom is 0.00389 e. The van der Waals surface area contributed by atoms with Crippen molar-refractivity contribution in [1.29, 1.82) is 0 Å². The van der Waals surface area contributed by atoms with Gasteiger partial charge in [0.05, 0.1) is 0 Å². The molecule has 16 heavy (non-hydrogen) atoms. The van der Waals surface area contributed by atoms with Gasteiger partial charge >= 0.3 is 0 Å². The van der Waals surface area contributed by atoms with E-state index in [1.54, 1.807) is 0 Å². The van der Waals surface area contributed by atoms with E-state index in [1.165, 1.54) is 64.3 Å². The topological polar surface area (TPSA) is 12.0 Å². The molecular weight excluding hydrogens is 194 g/mol. The van der Waals surface area contributed by atoms with Crippen LogP contribution < -0.4 is 5.32 Å². The van der Waals surface area contributed by atoms with E-state index in [0.29, 0.717) is 5.41 Å². The minimum absolute atomic E-state index is 0.705. The molecule has 0 amide bonds. The number of rotatable bonds is 10. The van der Waals surface area contributed by atoms with E-state index < -0.39 is 0 Å². The summed E-state index contributed by atoms with van der Waals surface area (Å²) in [5.74, 6) is 0. The molecule has 0 aromatic carbocycles. The fourth-order valence-corrected chi connectivity index (χ4v) is 2.38. The Kier molecular flexibility index (Phi) is 6.41. The second-order valence-corrected chi connectivity index (χ2v) is 5.84. The first kappa shape index (κ1) is 14.0. The lowest BCUT2D eigenvalue weighted by Gasteiger charge is -2.18. The van der Waals surface area contributed by atoms with Crippen LogP contribution in [0.5, 0.6) is 0 Å². The summed E-state index contributed by atoms with van der Waals surface area (Å²) in [6.45, 7) is 8.24. The van der Waals surface area contributed by atoms with Crippen molar-refractivity contribution in [3.63, 3.8) is 0 Å². The Morgan fingerprint density at radius 3 is 2.31 bits per heavy atom. The number of hydrogen-bond acceptors (Lipinski definition) is 1. The Hall–Kier alpha value is -0.0400. The molecule has 1 unspecified atom stereocenters. The van der Waals surface area contributed by atoms with Crippen LogP contribution in [0.4, 0.5) is 0 Å². The summed E-state index contributed by atoms with van der Waals surface area (Å²) in [6.07, 6.45) is 12.7. The number of unbranched alkanes of at least 4 members (excludes halogenated alkanes) is 4. The van der Waals surface area contributed by atoms with E-state index in [1.807, 2.05) is 0 Å². The minimum Gasteiger partial charge on any atom is -0.314 e. The molecule has 1 rings (SSSR count). The molecule has 0 saturated heterocycles. The Bertz CT molecular complexity index is 172. The largest absolute Gasteiger partial charge is 0.314 e. The third kappa shape index (κ3) is 5.34. The van der Waals surface area contributed by atoms with Gasteiger partial charge in [0.25, 0.3) is 0 Å². The molecule has 0 radical (unpaired) electrons. The lowest BCUT2D eigenvalue weighted by molar-refractivity contribution is 0.392. The third-order valence-corrected chi connectivity index (χ3v) is 4.27. The molecule has 1 heteroatoms. The highest BCUT2D eigenvalue weighted by atomic mass is 14.9. The lowest BCUT2D eigenvalue weighted by atomic mass is 10.0. The van der Waals surface area contributed by atoms with Crippen LogP contribution in [0.25, 0.3) is 0 Å². The molecule has 1 atom stereocenters. The van der Waals surface area contributed by atoms with Crippen molar-refractivity contribution in [2.45, 2.75) is 84.6 Å². The summed E-state index contributed by atoms with van der Waals surface area (Å²) in [7, 11) is 0. The molecule has 0 heterocycles. The quantitative estimate of drug-likeness (QED) is 0.539. The van der Waals surface area contributed by atoms with Crippen LogP contribution in [-0.2, 0) is 0 Å². The summed E-state index contributed by atoms with van der Waals surface area (Å²) in [4.78, 5) is 0. The van der Waals surface area contributed by atoms with Gasteiger partial charge in [0, 0.05) is 12.6 Å². The van der Waals surface area contributed by atoms with Crippen LogP contribution in [0.15, 0.2) is 0 Å². The van der Waals surface area contributed by atoms with Gasteiger partial charge in [-0.15, -0.1) is 0 Å². The zero-order valence-electron chi connectivity index (χ0n) is 11.6. The van der Waals surface area contributed by atoms with E-state index >= 15 is 0 Å². The van der Waals surface area contributed by atoms with E-state index in [-0.39, 0.29) is 0 Å². The molecule has 0 spiro atoms. The molecule has 0 aromatic heterocycles. The van der Waals surface area contributed by atoms with Crippen molar-refractivity contribution in [3.8, 4) is 0 Å². The summed E-state index contributed by atoms with van der Waals surface area (Å²) in [5.41, 5.74) is 0.705. The molecule has 1 nitrogen and oxygen atoms in total. The fraction of sp³-hybridized carbons (Fsp3) is 1.00. The number of nitrogens with one attached hydrogen (secondary N) is 1. The first-order valence-electron chi connectivity index (χ1n) is 7.46. The van der Waals surface area contributed by atoms with Crippen molar-refractivity contribution >= 4 is 0 Å². The van der Waals surface area contributed by atoms with Gasteiger partial charge in [0.15, 0.2) is 0 Å². The van der Waals surface area contributed by atoms with Gasteiger partial charge in [0.2, 0.25) is 0 Å². The van der Waals surface area contributed by atoms with Crippen molar-refractivity contribution in [2.75, 3.05) is 6.54 Å². The summed E-state index contributed by atoms with van der Waals surface area (Å²) in [6, 6.07) is 0.727. The van der Waals surface area contributed by atoms with Gasteiger partial charge in [-0.2, -0.15) is 0 Å². The number of hydrogen-bond donors (Lipinski definition) is 1. The molecule has 0 aliphatic heterocycles. The summed E-state index contributed by atoms with van der Waals surface area (Å²) < 4.78 is 0. The third-order valence-electron chi connectivity index (χ3n) is 4.27. The Morgan fingerprint density at radius 1 is 1.06 bits per heavy atom. The van der Waals surface area contributed by atoms with Crippen LogP contribution in [0.1, 0.15) is 78.6 Å². The summed E-state index contributed by atoms with van der Waals surface area (Å²) >= 11 is 0. The average Bonchev–Trinajstić information content (AvgIpc) is 3.07. The molecule has 1 N–H and O–H groups in total. The maximum absolute atomic E-state index is 3.73. The van der Waals surface area contributed by atoms with E-state index in [4.69, 9.17) is 0 Å². The minimum atomic E-state index is 0.705. The van der Waals surface area contributed by atoms with Crippen LogP contribution in [0.3, 0.4) is 0 Å². The van der Waals surface area contributed by atoms with Gasteiger partial charge in [0.1, 0.15) is 0 Å². The predicted molar refractivity (Wildman–Crippen MR) is 72.8 cm³/mol. The van der Waals surface area contributed by atoms with Crippen LogP contribution in [0, 0.1) is 5.41 Å². The van der Waals surface area contributed by atoms with E-state index in [0.717, 1.165) is 6.04 Å². The molecule has 1 aliphatic rings. The molecule has 0 bridgehead atoms. The Labute approximate surface area is 102 Å². The van der Waals surface area contributed by atoms with E-state index in [9.17, 15) is 0 Å². The van der Waals surface area contributed by atoms with Gasteiger partial charge in [-0.05, 0) is 38.0 Å². The summed E-state index contributed by atoms with van der Waals surface area (Å²) in [5, 5.41) is 3.73. The van der Waals surface area contributed by atoms with Gasteiger partial charge in [-0.25, -0.2) is 0 Å². The molecule has 96 valence electrons. The van der Waals surface area contributed by atoms with Crippen molar-refractivity contribution in [2.24, 2.45) is 5.41 Å². The molecule has 1 aliphatic carbocycles. The second-order valence-electron chi connectivity index (χ2n) is 5.84. The Morgan fingerprint density at radius 2 is 1.75 bits per heavy atom. The predicted octanol–water partition coefficient (Wildman–Crippen LogP) is 4.52. The van der Waals surface area contributed by atoms with Crippen molar-refractivity contribution < 1.29 is 0 Å². The van der Waals surface area contributed by atoms with Gasteiger partial charge in [-0.3, -0.25) is 0 Å². The van der Waals surface area contributed by atoms with Crippen molar-refractivity contribution in [1.82, 2.24) is 5.32 Å². The first-order valence-corrected chi connectivity index (χ1v) is 7.46. The SMILES string of the molecule is CCCCCCCC(C)NCC1(CC)CC1.